The number of aliphatic hydroxyl groups is 1. The number of hydrogen-bond acceptors (Lipinski definition) is 4. The standard InChI is InChI=1S/C30H44O7/c1-16(2)17-8-13-29(24(34)35)14-15-30(25(36)37)18(22(17)29)6-7-19-26(3)11-10-21(31)28(5,23(32)33)20(26)9-12-27(19,30)4/h17-22,31H,1,6-15H2,2-5H3,(H,32,33)(H,34,35)(H,36,37)/t17-,18-,19+,20+,21+,22-,26-,27+,28-,29-,30-/m1/s1. The van der Waals surface area contributed by atoms with Gasteiger partial charge in [0.25, 0.3) is 0 Å². The molecule has 0 spiro atoms. The molecule has 206 valence electrons. The number of rotatable bonds is 4. The third-order valence-corrected chi connectivity index (χ3v) is 13.4. The van der Waals surface area contributed by atoms with E-state index in [1.54, 1.807) is 6.92 Å². The van der Waals surface area contributed by atoms with Gasteiger partial charge in [-0.2, -0.15) is 0 Å². The number of carboxylic acid groups (broad SMARTS) is 3. The van der Waals surface area contributed by atoms with Crippen LogP contribution in [0.15, 0.2) is 12.2 Å². The molecule has 0 aromatic heterocycles. The van der Waals surface area contributed by atoms with Crippen LogP contribution in [-0.2, 0) is 14.4 Å². The number of hydrogen-bond donors (Lipinski definition) is 4. The highest BCUT2D eigenvalue weighted by Crippen LogP contribution is 2.77. The molecule has 0 bridgehead atoms. The number of aliphatic carboxylic acids is 3. The van der Waals surface area contributed by atoms with Crippen molar-refractivity contribution in [2.75, 3.05) is 0 Å². The number of carbonyl (C=O) groups is 3. The molecular formula is C30H44O7. The highest BCUT2D eigenvalue weighted by Gasteiger charge is 2.76. The van der Waals surface area contributed by atoms with Gasteiger partial charge in [0.15, 0.2) is 0 Å². The van der Waals surface area contributed by atoms with Gasteiger partial charge in [-0.1, -0.05) is 26.0 Å². The number of fused-ring (bicyclic) bond motifs is 7. The summed E-state index contributed by atoms with van der Waals surface area (Å²) < 4.78 is 0. The minimum absolute atomic E-state index is 0.000663. The van der Waals surface area contributed by atoms with E-state index in [4.69, 9.17) is 0 Å². The fourth-order valence-electron chi connectivity index (χ4n) is 11.6. The fourth-order valence-corrected chi connectivity index (χ4v) is 11.6. The van der Waals surface area contributed by atoms with Gasteiger partial charge >= 0.3 is 17.9 Å². The Kier molecular flexibility index (Phi) is 5.82. The maximum Gasteiger partial charge on any atom is 0.312 e. The molecule has 5 aliphatic rings. The molecule has 0 saturated heterocycles. The molecule has 0 aliphatic heterocycles. The average Bonchev–Trinajstić information content (AvgIpc) is 3.23. The van der Waals surface area contributed by atoms with Crippen molar-refractivity contribution in [3.63, 3.8) is 0 Å². The molecule has 11 atom stereocenters. The SMILES string of the molecule is C=C(C)[C@H]1CC[C@@]2(C(=O)O)CC[C@]3(C(=O)O)[C@H](CC[C@H]4[C@@]5(C)CC[C@H](O)[C@](C)(C(=O)O)[C@H]5CC[C@@]43C)[C@@H]12. The van der Waals surface area contributed by atoms with Crippen molar-refractivity contribution in [3.05, 3.63) is 12.2 Å². The van der Waals surface area contributed by atoms with E-state index in [0.29, 0.717) is 51.4 Å². The lowest BCUT2D eigenvalue weighted by Crippen LogP contribution is -2.70. The molecule has 7 heteroatoms. The van der Waals surface area contributed by atoms with Crippen LogP contribution >= 0.6 is 0 Å². The van der Waals surface area contributed by atoms with Crippen LogP contribution in [0.2, 0.25) is 0 Å². The normalized spacial score (nSPS) is 52.7. The molecule has 0 heterocycles. The Morgan fingerprint density at radius 3 is 2.00 bits per heavy atom. The van der Waals surface area contributed by atoms with Gasteiger partial charge in [-0.25, -0.2) is 0 Å². The lowest BCUT2D eigenvalue weighted by molar-refractivity contribution is -0.257. The van der Waals surface area contributed by atoms with Crippen LogP contribution in [0.25, 0.3) is 0 Å². The van der Waals surface area contributed by atoms with E-state index in [2.05, 4.69) is 20.4 Å². The molecule has 37 heavy (non-hydrogen) atoms. The van der Waals surface area contributed by atoms with Gasteiger partial charge in [0.05, 0.1) is 22.3 Å². The van der Waals surface area contributed by atoms with E-state index < -0.39 is 51.1 Å². The van der Waals surface area contributed by atoms with E-state index in [1.165, 1.54) is 0 Å². The van der Waals surface area contributed by atoms with Gasteiger partial charge in [0, 0.05) is 0 Å². The predicted molar refractivity (Wildman–Crippen MR) is 137 cm³/mol. The Morgan fingerprint density at radius 1 is 0.757 bits per heavy atom. The first kappa shape index (κ1) is 26.7. The molecule has 5 fully saturated rings. The first-order chi connectivity index (χ1) is 17.1. The lowest BCUT2D eigenvalue weighted by atomic mass is 9.31. The zero-order chi connectivity index (χ0) is 27.3. The van der Waals surface area contributed by atoms with E-state index in [1.807, 2.05) is 6.92 Å². The van der Waals surface area contributed by atoms with Gasteiger partial charge in [-0.15, -0.1) is 0 Å². The smallest absolute Gasteiger partial charge is 0.312 e. The monoisotopic (exact) mass is 516 g/mol. The van der Waals surface area contributed by atoms with Crippen molar-refractivity contribution in [3.8, 4) is 0 Å². The Labute approximate surface area is 219 Å². The third-order valence-electron chi connectivity index (χ3n) is 13.4. The number of allylic oxidation sites excluding steroid dienone is 1. The van der Waals surface area contributed by atoms with E-state index >= 15 is 0 Å². The van der Waals surface area contributed by atoms with Crippen molar-refractivity contribution in [2.45, 2.75) is 98.0 Å². The maximum absolute atomic E-state index is 13.6. The highest BCUT2D eigenvalue weighted by molar-refractivity contribution is 5.81. The summed E-state index contributed by atoms with van der Waals surface area (Å²) in [6.45, 7) is 12.1. The molecule has 7 nitrogen and oxygen atoms in total. The summed E-state index contributed by atoms with van der Waals surface area (Å²) in [5.41, 5.74) is -3.24. The molecule has 0 aromatic carbocycles. The van der Waals surface area contributed by atoms with Crippen molar-refractivity contribution in [1.82, 2.24) is 0 Å². The molecule has 5 saturated carbocycles. The summed E-state index contributed by atoms with van der Waals surface area (Å²) in [4.78, 5) is 38.9. The topological polar surface area (TPSA) is 132 Å². The number of carboxylic acids is 3. The molecule has 0 radical (unpaired) electrons. The van der Waals surface area contributed by atoms with Gasteiger partial charge < -0.3 is 20.4 Å². The molecule has 4 N–H and O–H groups in total. The predicted octanol–water partition coefficient (Wildman–Crippen LogP) is 5.22. The van der Waals surface area contributed by atoms with Gasteiger partial charge in [0.2, 0.25) is 0 Å². The summed E-state index contributed by atoms with van der Waals surface area (Å²) in [6.07, 6.45) is 4.75. The Hall–Kier alpha value is -1.89. The molecule has 0 aromatic rings. The summed E-state index contributed by atoms with van der Waals surface area (Å²) in [6, 6.07) is 0. The number of aliphatic hydroxyl groups excluding tert-OH is 1. The van der Waals surface area contributed by atoms with Crippen molar-refractivity contribution >= 4 is 17.9 Å². The zero-order valence-electron chi connectivity index (χ0n) is 22.8. The average molecular weight is 517 g/mol. The minimum atomic E-state index is -1.26. The van der Waals surface area contributed by atoms with Gasteiger partial charge in [0.1, 0.15) is 0 Å². The minimum Gasteiger partial charge on any atom is -0.481 e. The van der Waals surface area contributed by atoms with Crippen molar-refractivity contribution in [1.29, 1.82) is 0 Å². The van der Waals surface area contributed by atoms with Crippen LogP contribution in [0.5, 0.6) is 0 Å². The van der Waals surface area contributed by atoms with Crippen LogP contribution in [0, 0.1) is 56.7 Å². The first-order valence-corrected chi connectivity index (χ1v) is 14.2. The van der Waals surface area contributed by atoms with Crippen molar-refractivity contribution < 1.29 is 34.8 Å². The summed E-state index contributed by atoms with van der Waals surface area (Å²) in [7, 11) is 0. The second kappa shape index (κ2) is 8.06. The van der Waals surface area contributed by atoms with E-state index in [9.17, 15) is 34.8 Å². The summed E-state index contributed by atoms with van der Waals surface area (Å²) in [5, 5.41) is 42.7. The van der Waals surface area contributed by atoms with E-state index in [0.717, 1.165) is 18.4 Å². The van der Waals surface area contributed by atoms with Crippen LogP contribution in [-0.4, -0.2) is 44.4 Å². The second-order valence-corrected chi connectivity index (χ2v) is 14.1. The molecule has 0 amide bonds. The third kappa shape index (κ3) is 2.95. The van der Waals surface area contributed by atoms with E-state index in [-0.39, 0.29) is 29.6 Å². The highest BCUT2D eigenvalue weighted by atomic mass is 16.4. The molecule has 0 unspecified atom stereocenters. The summed E-state index contributed by atoms with van der Waals surface area (Å²) in [5.74, 6) is -3.30. The second-order valence-electron chi connectivity index (χ2n) is 14.1. The maximum atomic E-state index is 13.6. The fraction of sp³-hybridized carbons (Fsp3) is 0.833. The Bertz CT molecular complexity index is 1050. The lowest BCUT2D eigenvalue weighted by Gasteiger charge is -2.71. The van der Waals surface area contributed by atoms with Crippen LogP contribution in [0.3, 0.4) is 0 Å². The zero-order valence-corrected chi connectivity index (χ0v) is 22.8. The Balaban J connectivity index is 1.64. The first-order valence-electron chi connectivity index (χ1n) is 14.2. The van der Waals surface area contributed by atoms with Crippen LogP contribution < -0.4 is 0 Å². The quantitative estimate of drug-likeness (QED) is 0.377. The van der Waals surface area contributed by atoms with Crippen LogP contribution in [0.4, 0.5) is 0 Å². The molecule has 5 rings (SSSR count). The Morgan fingerprint density at radius 2 is 1.43 bits per heavy atom. The largest absolute Gasteiger partial charge is 0.481 e. The molecular weight excluding hydrogens is 472 g/mol. The molecule has 5 aliphatic carbocycles. The van der Waals surface area contributed by atoms with Crippen LogP contribution in [0.1, 0.15) is 91.9 Å². The van der Waals surface area contributed by atoms with Gasteiger partial charge in [-0.3, -0.25) is 14.4 Å². The van der Waals surface area contributed by atoms with Gasteiger partial charge in [-0.05, 0) is 118 Å². The summed E-state index contributed by atoms with van der Waals surface area (Å²) >= 11 is 0. The van der Waals surface area contributed by atoms with Crippen molar-refractivity contribution in [2.24, 2.45) is 56.7 Å².